The Balaban J connectivity index is 1.98. The van der Waals surface area contributed by atoms with Crippen LogP contribution in [0.15, 0.2) is 53.5 Å². The van der Waals surface area contributed by atoms with Crippen LogP contribution in [-0.4, -0.2) is 24.3 Å². The number of nitrogens with zero attached hydrogens (tertiary/aromatic N) is 2. The van der Waals surface area contributed by atoms with E-state index in [2.05, 4.69) is 58.7 Å². The highest BCUT2D eigenvalue weighted by atomic mass is 16.5. The van der Waals surface area contributed by atoms with E-state index in [1.165, 1.54) is 12.5 Å². The number of para-hydroxylation sites is 1. The van der Waals surface area contributed by atoms with Crippen molar-refractivity contribution in [3.05, 3.63) is 59.7 Å². The number of fused-ring (bicyclic) bond motifs is 1. The fourth-order valence-electron chi connectivity index (χ4n) is 4.91. The Hall–Kier alpha value is -2.95. The highest BCUT2D eigenvalue weighted by Crippen LogP contribution is 2.47. The van der Waals surface area contributed by atoms with E-state index in [0.29, 0.717) is 11.6 Å². The molecule has 0 atom stereocenters. The number of rotatable bonds is 4. The summed E-state index contributed by atoms with van der Waals surface area (Å²) in [5.74, 6) is -0.288. The highest BCUT2D eigenvalue weighted by molar-refractivity contribution is 6.55. The van der Waals surface area contributed by atoms with Gasteiger partial charge in [0.1, 0.15) is 5.71 Å². The zero-order valence-corrected chi connectivity index (χ0v) is 19.5. The van der Waals surface area contributed by atoms with Crippen molar-refractivity contribution in [1.29, 1.82) is 0 Å². The minimum absolute atomic E-state index is 0.104. The summed E-state index contributed by atoms with van der Waals surface area (Å²) in [4.78, 5) is 30.2. The number of carbonyl (C=O) groups excluding carboxylic acids is 2. The van der Waals surface area contributed by atoms with Crippen molar-refractivity contribution in [3.63, 3.8) is 0 Å². The number of benzene rings is 2. The third kappa shape index (κ3) is 4.71. The van der Waals surface area contributed by atoms with Crippen LogP contribution in [0.4, 0.5) is 11.4 Å². The number of amides is 1. The Bertz CT molecular complexity index is 994. The van der Waals surface area contributed by atoms with Crippen molar-refractivity contribution >= 4 is 29.0 Å². The van der Waals surface area contributed by atoms with E-state index in [1.807, 2.05) is 36.4 Å². The molecule has 164 valence electrons. The number of hydrogen-bond acceptors (Lipinski definition) is 4. The molecule has 0 radical (unpaired) electrons. The van der Waals surface area contributed by atoms with E-state index in [4.69, 9.17) is 4.74 Å². The van der Waals surface area contributed by atoms with Crippen LogP contribution in [0.25, 0.3) is 0 Å². The maximum atomic E-state index is 13.2. The Morgan fingerprint density at radius 2 is 1.55 bits per heavy atom. The lowest BCUT2D eigenvalue weighted by molar-refractivity contribution is -0.140. The van der Waals surface area contributed by atoms with Crippen molar-refractivity contribution in [3.8, 4) is 0 Å². The molecule has 0 spiro atoms. The number of anilines is 2. The molecule has 0 fully saturated rings. The fourth-order valence-corrected chi connectivity index (χ4v) is 4.91. The fraction of sp³-hybridized carbons (Fsp3) is 0.423. The van der Waals surface area contributed by atoms with Crippen LogP contribution in [0.2, 0.25) is 0 Å². The Kier molecular flexibility index (Phi) is 6.08. The molecule has 0 N–H and O–H groups in total. The summed E-state index contributed by atoms with van der Waals surface area (Å²) >= 11 is 0. The monoisotopic (exact) mass is 420 g/mol. The van der Waals surface area contributed by atoms with Crippen molar-refractivity contribution < 1.29 is 14.3 Å². The topological polar surface area (TPSA) is 59.0 Å². The first-order valence-corrected chi connectivity index (χ1v) is 10.6. The second-order valence-corrected chi connectivity index (χ2v) is 10.2. The van der Waals surface area contributed by atoms with Crippen molar-refractivity contribution in [1.82, 2.24) is 0 Å². The molecule has 1 heterocycles. The standard InChI is InChI=1S/C26H32N2O3/c1-17(29)31-16-27-22-20-10-8-9-11-21(20)28(24(22)30)19-14-12-18(13-15-19)23(25(2,3)4)26(5,6)7/h8-15,23H,16H2,1-7H3. The van der Waals surface area contributed by atoms with Gasteiger partial charge in [-0.3, -0.25) is 14.5 Å². The summed E-state index contributed by atoms with van der Waals surface area (Å²) in [5.41, 5.74) is 4.09. The Morgan fingerprint density at radius 1 is 0.968 bits per heavy atom. The molecule has 5 heteroatoms. The van der Waals surface area contributed by atoms with Gasteiger partial charge in [0.05, 0.1) is 5.69 Å². The number of ether oxygens (including phenoxy) is 1. The molecule has 2 aromatic carbocycles. The highest BCUT2D eigenvalue weighted by Gasteiger charge is 2.37. The molecule has 5 nitrogen and oxygen atoms in total. The first-order chi connectivity index (χ1) is 14.4. The summed E-state index contributed by atoms with van der Waals surface area (Å²) < 4.78 is 4.92. The van der Waals surface area contributed by atoms with E-state index in [1.54, 1.807) is 4.90 Å². The summed E-state index contributed by atoms with van der Waals surface area (Å²) in [5, 5.41) is 0. The predicted molar refractivity (Wildman–Crippen MR) is 125 cm³/mol. The van der Waals surface area contributed by atoms with Gasteiger partial charge in [-0.1, -0.05) is 71.9 Å². The maximum Gasteiger partial charge on any atom is 0.304 e. The van der Waals surface area contributed by atoms with Crippen molar-refractivity contribution in [2.24, 2.45) is 15.8 Å². The molecule has 0 unspecified atom stereocenters. The molecule has 1 aliphatic rings. The molecule has 1 amide bonds. The van der Waals surface area contributed by atoms with Crippen LogP contribution >= 0.6 is 0 Å². The lowest BCUT2D eigenvalue weighted by Gasteiger charge is -2.41. The molecule has 0 saturated carbocycles. The van der Waals surface area contributed by atoms with Crippen LogP contribution in [0, 0.1) is 10.8 Å². The van der Waals surface area contributed by atoms with E-state index in [-0.39, 0.29) is 23.5 Å². The quantitative estimate of drug-likeness (QED) is 0.583. The average Bonchev–Trinajstić information content (AvgIpc) is 2.92. The van der Waals surface area contributed by atoms with Gasteiger partial charge in [0, 0.05) is 18.2 Å². The largest absolute Gasteiger partial charge is 0.443 e. The second-order valence-electron chi connectivity index (χ2n) is 10.2. The van der Waals surface area contributed by atoms with Gasteiger partial charge in [0.25, 0.3) is 5.91 Å². The van der Waals surface area contributed by atoms with Crippen molar-refractivity contribution in [2.45, 2.75) is 54.4 Å². The first-order valence-electron chi connectivity index (χ1n) is 10.6. The van der Waals surface area contributed by atoms with Crippen LogP contribution in [0.3, 0.4) is 0 Å². The molecule has 1 aliphatic heterocycles. The molecule has 0 saturated heterocycles. The third-order valence-corrected chi connectivity index (χ3v) is 5.51. The first kappa shape index (κ1) is 22.7. The minimum atomic E-state index is -0.428. The van der Waals surface area contributed by atoms with Crippen LogP contribution < -0.4 is 4.90 Å². The number of carbonyl (C=O) groups is 2. The molecule has 2 aromatic rings. The van der Waals surface area contributed by atoms with E-state index >= 15 is 0 Å². The number of esters is 1. The molecule has 0 bridgehead atoms. The normalized spacial score (nSPS) is 15.5. The van der Waals surface area contributed by atoms with Gasteiger partial charge in [0.15, 0.2) is 6.73 Å². The van der Waals surface area contributed by atoms with Gasteiger partial charge in [-0.15, -0.1) is 0 Å². The smallest absolute Gasteiger partial charge is 0.304 e. The molecular formula is C26H32N2O3. The van der Waals surface area contributed by atoms with Gasteiger partial charge in [-0.2, -0.15) is 0 Å². The summed E-state index contributed by atoms with van der Waals surface area (Å²) in [6, 6.07) is 15.8. The Labute approximate surface area is 185 Å². The zero-order chi connectivity index (χ0) is 23.0. The maximum absolute atomic E-state index is 13.2. The van der Waals surface area contributed by atoms with Gasteiger partial charge in [-0.25, -0.2) is 4.99 Å². The number of aliphatic imine (C=N–C) groups is 1. The lowest BCUT2D eigenvalue weighted by Crippen LogP contribution is -2.30. The average molecular weight is 421 g/mol. The van der Waals surface area contributed by atoms with Crippen LogP contribution in [0.5, 0.6) is 0 Å². The van der Waals surface area contributed by atoms with Crippen molar-refractivity contribution in [2.75, 3.05) is 11.6 Å². The van der Waals surface area contributed by atoms with Gasteiger partial charge >= 0.3 is 5.97 Å². The van der Waals surface area contributed by atoms with Gasteiger partial charge in [0.2, 0.25) is 0 Å². The molecule has 0 aromatic heterocycles. The van der Waals surface area contributed by atoms with Gasteiger partial charge < -0.3 is 4.74 Å². The second kappa shape index (κ2) is 8.29. The predicted octanol–water partition coefficient (Wildman–Crippen LogP) is 5.85. The van der Waals surface area contributed by atoms with E-state index in [9.17, 15) is 9.59 Å². The van der Waals surface area contributed by atoms with Crippen LogP contribution in [0.1, 0.15) is 65.5 Å². The summed E-state index contributed by atoms with van der Waals surface area (Å²) in [6.07, 6.45) is 0. The molecule has 0 aliphatic carbocycles. The number of hydrogen-bond donors (Lipinski definition) is 0. The third-order valence-electron chi connectivity index (χ3n) is 5.51. The van der Waals surface area contributed by atoms with Gasteiger partial charge in [-0.05, 0) is 40.5 Å². The Morgan fingerprint density at radius 3 is 2.10 bits per heavy atom. The summed E-state index contributed by atoms with van der Waals surface area (Å²) in [7, 11) is 0. The van der Waals surface area contributed by atoms with Crippen LogP contribution in [-0.2, 0) is 14.3 Å². The van der Waals surface area contributed by atoms with E-state index in [0.717, 1.165) is 16.9 Å². The minimum Gasteiger partial charge on any atom is -0.443 e. The molecule has 3 rings (SSSR count). The lowest BCUT2D eigenvalue weighted by atomic mass is 9.64. The van der Waals surface area contributed by atoms with E-state index < -0.39 is 5.97 Å². The molecular weight excluding hydrogens is 388 g/mol. The summed E-state index contributed by atoms with van der Waals surface area (Å²) in [6.45, 7) is 14.8. The SMILES string of the molecule is CC(=O)OCN=C1C(=O)N(c2ccc(C(C(C)(C)C)C(C)(C)C)cc2)c2ccccc21. The molecule has 31 heavy (non-hydrogen) atoms. The zero-order valence-electron chi connectivity index (χ0n) is 19.5.